The number of amides is 1. The van der Waals surface area contributed by atoms with Crippen LogP contribution in [-0.4, -0.2) is 30.5 Å². The molecule has 1 saturated heterocycles. The summed E-state index contributed by atoms with van der Waals surface area (Å²) in [6.45, 7) is 3.82. The Hall–Kier alpha value is -3.08. The molecule has 1 aromatic heterocycles. The van der Waals surface area contributed by atoms with E-state index in [9.17, 15) is 9.59 Å². The van der Waals surface area contributed by atoms with E-state index in [4.69, 9.17) is 9.15 Å². The average molecular weight is 391 g/mol. The largest absolute Gasteiger partial charge is 0.494 e. The summed E-state index contributed by atoms with van der Waals surface area (Å²) in [6.07, 6.45) is 2.98. The Balaban J connectivity index is 1.50. The minimum Gasteiger partial charge on any atom is -0.494 e. The molecule has 2 heterocycles. The van der Waals surface area contributed by atoms with Crippen molar-refractivity contribution < 1.29 is 13.9 Å². The molecule has 29 heavy (non-hydrogen) atoms. The fourth-order valence-electron chi connectivity index (χ4n) is 4.03. The van der Waals surface area contributed by atoms with Crippen LogP contribution in [-0.2, 0) is 6.42 Å². The number of rotatable bonds is 5. The van der Waals surface area contributed by atoms with Gasteiger partial charge >= 0.3 is 5.63 Å². The van der Waals surface area contributed by atoms with Crippen molar-refractivity contribution >= 4 is 16.9 Å². The van der Waals surface area contributed by atoms with Gasteiger partial charge < -0.3 is 14.1 Å². The van der Waals surface area contributed by atoms with Gasteiger partial charge in [0, 0.05) is 30.6 Å². The Labute approximate surface area is 169 Å². The quantitative estimate of drug-likeness (QED) is 0.609. The molecular formula is C24H25NO4. The Morgan fingerprint density at radius 2 is 1.86 bits per heavy atom. The number of carbonyl (C=O) groups is 1. The highest BCUT2D eigenvalue weighted by Gasteiger charge is 2.25. The van der Waals surface area contributed by atoms with E-state index < -0.39 is 5.63 Å². The normalized spacial score (nSPS) is 14.9. The predicted molar refractivity (Wildman–Crippen MR) is 112 cm³/mol. The van der Waals surface area contributed by atoms with Gasteiger partial charge in [-0.3, -0.25) is 4.79 Å². The number of hydrogen-bond donors (Lipinski definition) is 0. The second-order valence-corrected chi connectivity index (χ2v) is 7.50. The van der Waals surface area contributed by atoms with Crippen LogP contribution >= 0.6 is 0 Å². The van der Waals surface area contributed by atoms with Gasteiger partial charge in [-0.15, -0.1) is 0 Å². The molecule has 0 N–H and O–H groups in total. The first-order valence-corrected chi connectivity index (χ1v) is 10.2. The highest BCUT2D eigenvalue weighted by molar-refractivity contribution is 6.05. The van der Waals surface area contributed by atoms with Crippen molar-refractivity contribution in [2.45, 2.75) is 26.2 Å². The molecule has 0 radical (unpaired) electrons. The Kier molecular flexibility index (Phi) is 5.65. The molecule has 5 nitrogen and oxygen atoms in total. The third kappa shape index (κ3) is 4.34. The van der Waals surface area contributed by atoms with E-state index in [0.29, 0.717) is 47.9 Å². The van der Waals surface area contributed by atoms with Crippen molar-refractivity contribution in [3.63, 3.8) is 0 Å². The molecular weight excluding hydrogens is 366 g/mol. The zero-order valence-electron chi connectivity index (χ0n) is 16.6. The van der Waals surface area contributed by atoms with Crippen molar-refractivity contribution in [2.24, 2.45) is 5.92 Å². The number of piperidine rings is 1. The van der Waals surface area contributed by atoms with E-state index in [1.54, 1.807) is 18.2 Å². The fraction of sp³-hybridized carbons (Fsp3) is 0.333. The lowest BCUT2D eigenvalue weighted by Crippen LogP contribution is -2.39. The van der Waals surface area contributed by atoms with Crippen LogP contribution in [0.2, 0.25) is 0 Å². The number of benzene rings is 2. The van der Waals surface area contributed by atoms with Crippen LogP contribution in [0.25, 0.3) is 11.0 Å². The van der Waals surface area contributed by atoms with E-state index in [2.05, 4.69) is 24.3 Å². The van der Waals surface area contributed by atoms with Crippen LogP contribution in [0.15, 0.2) is 63.8 Å². The van der Waals surface area contributed by atoms with Gasteiger partial charge in [0.2, 0.25) is 0 Å². The van der Waals surface area contributed by atoms with Crippen LogP contribution < -0.4 is 10.4 Å². The van der Waals surface area contributed by atoms with Crippen LogP contribution in [0.4, 0.5) is 0 Å². The van der Waals surface area contributed by atoms with Crippen molar-refractivity contribution in [2.75, 3.05) is 19.7 Å². The van der Waals surface area contributed by atoms with Crippen LogP contribution in [0, 0.1) is 5.92 Å². The van der Waals surface area contributed by atoms with Gasteiger partial charge in [-0.1, -0.05) is 30.3 Å². The summed E-state index contributed by atoms with van der Waals surface area (Å²) >= 11 is 0. The van der Waals surface area contributed by atoms with Gasteiger partial charge in [-0.2, -0.15) is 0 Å². The molecule has 0 bridgehead atoms. The van der Waals surface area contributed by atoms with E-state index in [1.165, 1.54) is 11.6 Å². The molecule has 0 aliphatic carbocycles. The van der Waals surface area contributed by atoms with Gasteiger partial charge in [-0.25, -0.2) is 4.79 Å². The lowest BCUT2D eigenvalue weighted by molar-refractivity contribution is 0.0692. The standard InChI is InChI=1S/C24H25NO4/c1-2-28-19-8-9-20-21(16-23(26)29-22(20)15-19)24(27)25-12-10-18(11-13-25)14-17-6-4-3-5-7-17/h3-9,15-16,18H,2,10-14H2,1H3. The minimum absolute atomic E-state index is 0.106. The zero-order chi connectivity index (χ0) is 20.2. The number of carbonyl (C=O) groups excluding carboxylic acids is 1. The summed E-state index contributed by atoms with van der Waals surface area (Å²) in [4.78, 5) is 27.0. The van der Waals surface area contributed by atoms with Gasteiger partial charge in [-0.05, 0) is 49.8 Å². The Bertz CT molecular complexity index is 1050. The molecule has 0 saturated carbocycles. The third-order valence-electron chi connectivity index (χ3n) is 5.53. The third-order valence-corrected chi connectivity index (χ3v) is 5.53. The number of fused-ring (bicyclic) bond motifs is 1. The van der Waals surface area contributed by atoms with Gasteiger partial charge in [0.25, 0.3) is 5.91 Å². The molecule has 3 aromatic rings. The summed E-state index contributed by atoms with van der Waals surface area (Å²) in [7, 11) is 0. The maximum absolute atomic E-state index is 13.2. The summed E-state index contributed by atoms with van der Waals surface area (Å²) < 4.78 is 10.8. The Morgan fingerprint density at radius 3 is 2.59 bits per heavy atom. The van der Waals surface area contributed by atoms with E-state index in [-0.39, 0.29) is 5.91 Å². The van der Waals surface area contributed by atoms with Crippen LogP contribution in [0.3, 0.4) is 0 Å². The van der Waals surface area contributed by atoms with E-state index in [1.807, 2.05) is 17.9 Å². The molecule has 4 rings (SSSR count). The monoisotopic (exact) mass is 391 g/mol. The van der Waals surface area contributed by atoms with E-state index in [0.717, 1.165) is 19.3 Å². The van der Waals surface area contributed by atoms with Crippen molar-refractivity contribution in [1.82, 2.24) is 4.90 Å². The lowest BCUT2D eigenvalue weighted by Gasteiger charge is -2.32. The van der Waals surface area contributed by atoms with Crippen molar-refractivity contribution in [3.05, 3.63) is 76.1 Å². The summed E-state index contributed by atoms with van der Waals surface area (Å²) in [5, 5.41) is 0.643. The van der Waals surface area contributed by atoms with Gasteiger partial charge in [0.05, 0.1) is 12.2 Å². The molecule has 0 spiro atoms. The average Bonchev–Trinajstić information content (AvgIpc) is 2.74. The van der Waals surface area contributed by atoms with E-state index >= 15 is 0 Å². The van der Waals surface area contributed by atoms with Crippen molar-refractivity contribution in [1.29, 1.82) is 0 Å². The second kappa shape index (κ2) is 8.52. The SMILES string of the molecule is CCOc1ccc2c(C(=O)N3CCC(Cc4ccccc4)CC3)cc(=O)oc2c1. The summed E-state index contributed by atoms with van der Waals surface area (Å²) in [6, 6.07) is 17.0. The zero-order valence-corrected chi connectivity index (χ0v) is 16.6. The highest BCUT2D eigenvalue weighted by Crippen LogP contribution is 2.26. The summed E-state index contributed by atoms with van der Waals surface area (Å²) in [5.74, 6) is 1.09. The molecule has 5 heteroatoms. The maximum Gasteiger partial charge on any atom is 0.337 e. The van der Waals surface area contributed by atoms with Gasteiger partial charge in [0.1, 0.15) is 11.3 Å². The van der Waals surface area contributed by atoms with Crippen molar-refractivity contribution in [3.8, 4) is 5.75 Å². The second-order valence-electron chi connectivity index (χ2n) is 7.50. The number of ether oxygens (including phenoxy) is 1. The van der Waals surface area contributed by atoms with Crippen LogP contribution in [0.1, 0.15) is 35.7 Å². The van der Waals surface area contributed by atoms with Gasteiger partial charge in [0.15, 0.2) is 0 Å². The first-order valence-electron chi connectivity index (χ1n) is 10.2. The van der Waals surface area contributed by atoms with Crippen LogP contribution in [0.5, 0.6) is 5.75 Å². The first kappa shape index (κ1) is 19.2. The fourth-order valence-corrected chi connectivity index (χ4v) is 4.03. The highest BCUT2D eigenvalue weighted by atomic mass is 16.5. The molecule has 0 atom stereocenters. The molecule has 2 aromatic carbocycles. The molecule has 1 aliphatic rings. The smallest absolute Gasteiger partial charge is 0.337 e. The molecule has 1 fully saturated rings. The maximum atomic E-state index is 13.2. The predicted octanol–water partition coefficient (Wildman–Crippen LogP) is 4.29. The first-order chi connectivity index (χ1) is 14.1. The number of hydrogen-bond acceptors (Lipinski definition) is 4. The molecule has 1 aliphatic heterocycles. The number of nitrogens with zero attached hydrogens (tertiary/aromatic N) is 1. The molecule has 0 unspecified atom stereocenters. The summed E-state index contributed by atoms with van der Waals surface area (Å²) in [5.41, 5.74) is 1.61. The minimum atomic E-state index is -0.520. The molecule has 1 amide bonds. The number of likely N-dealkylation sites (tertiary alicyclic amines) is 1. The molecule has 150 valence electrons. The topological polar surface area (TPSA) is 59.8 Å². The lowest BCUT2D eigenvalue weighted by atomic mass is 9.90. The Morgan fingerprint density at radius 1 is 1.10 bits per heavy atom.